The highest BCUT2D eigenvalue weighted by Gasteiger charge is 2.66. The molecule has 0 amide bonds. The van der Waals surface area contributed by atoms with Crippen LogP contribution < -0.4 is 0 Å². The van der Waals surface area contributed by atoms with E-state index in [-0.39, 0.29) is 40.8 Å². The van der Waals surface area contributed by atoms with Crippen molar-refractivity contribution < 1.29 is 23.5 Å². The summed E-state index contributed by atoms with van der Waals surface area (Å²) in [5, 5.41) is 0. The van der Waals surface area contributed by atoms with E-state index < -0.39 is 0 Å². The number of furan rings is 1. The van der Waals surface area contributed by atoms with Crippen LogP contribution in [0.2, 0.25) is 0 Å². The molecule has 5 nitrogen and oxygen atoms in total. The van der Waals surface area contributed by atoms with Gasteiger partial charge in [-0.15, -0.1) is 0 Å². The summed E-state index contributed by atoms with van der Waals surface area (Å²) in [5.74, 6) is 0.350. The van der Waals surface area contributed by atoms with Crippen molar-refractivity contribution in [2.24, 2.45) is 22.7 Å². The molecule has 1 aromatic heterocycles. The van der Waals surface area contributed by atoms with Gasteiger partial charge in [-0.2, -0.15) is 0 Å². The Bertz CT molecular complexity index is 695. The van der Waals surface area contributed by atoms with E-state index in [1.165, 1.54) is 0 Å². The first-order chi connectivity index (χ1) is 11.5. The number of ketones is 1. The number of hydrogen-bond acceptors (Lipinski definition) is 5. The molecule has 5 aliphatic rings. The summed E-state index contributed by atoms with van der Waals surface area (Å²) in [6.45, 7) is 2.74. The molecule has 6 unspecified atom stereocenters. The van der Waals surface area contributed by atoms with E-state index >= 15 is 0 Å². The van der Waals surface area contributed by atoms with E-state index in [1.54, 1.807) is 12.5 Å². The van der Waals surface area contributed by atoms with Crippen molar-refractivity contribution in [3.05, 3.63) is 24.2 Å². The third-order valence-corrected chi connectivity index (χ3v) is 7.26. The predicted octanol–water partition coefficient (Wildman–Crippen LogP) is 3.05. The van der Waals surface area contributed by atoms with Crippen LogP contribution in [0.25, 0.3) is 0 Å². The number of cyclic esters (lactones) is 1. The van der Waals surface area contributed by atoms with Crippen molar-refractivity contribution in [1.29, 1.82) is 0 Å². The van der Waals surface area contributed by atoms with Crippen molar-refractivity contribution >= 4 is 11.8 Å². The third-order valence-electron chi connectivity index (χ3n) is 7.26. The number of carbonyl (C=O) groups excluding carboxylic acids is 2. The predicted molar refractivity (Wildman–Crippen MR) is 82.9 cm³/mol. The summed E-state index contributed by atoms with van der Waals surface area (Å²) in [6, 6.07) is 1.86. The fourth-order valence-corrected chi connectivity index (χ4v) is 5.99. The molecule has 6 rings (SSSR count). The first-order valence-electron chi connectivity index (χ1n) is 8.90. The number of fused-ring (bicyclic) bond motifs is 3. The van der Waals surface area contributed by atoms with Crippen molar-refractivity contribution in [3.8, 4) is 0 Å². The maximum Gasteiger partial charge on any atom is 0.310 e. The minimum absolute atomic E-state index is 0.0327. The maximum atomic E-state index is 12.8. The van der Waals surface area contributed by atoms with Gasteiger partial charge in [-0.25, -0.2) is 0 Å². The monoisotopic (exact) mass is 330 g/mol. The van der Waals surface area contributed by atoms with Gasteiger partial charge in [-0.1, -0.05) is 6.92 Å². The molecule has 1 aromatic rings. The highest BCUT2D eigenvalue weighted by Crippen LogP contribution is 2.65. The molecule has 3 saturated heterocycles. The van der Waals surface area contributed by atoms with E-state index in [0.29, 0.717) is 18.8 Å². The number of ether oxygens (including phenoxy) is 2. The lowest BCUT2D eigenvalue weighted by molar-refractivity contribution is -0.230. The number of Topliss-reactive ketones (excluding diaryl/α,β-unsaturated/α-hetero) is 1. The zero-order valence-corrected chi connectivity index (χ0v) is 13.8. The SMILES string of the molecule is CC12CC(c3ccoc3)OC(=O)C1CCC13COC(CC1=O)CC32. The standard InChI is InChI=1S/C19H22O5/c1-18-8-14(11-3-5-22-9-11)24-17(21)13(18)2-4-19-10-23-12(6-15(18)19)7-16(19)20/h3,5,9,12-15H,2,4,6-8,10H2,1H3. The summed E-state index contributed by atoms with van der Waals surface area (Å²) >= 11 is 0. The number of esters is 1. The van der Waals surface area contributed by atoms with Gasteiger partial charge in [0.2, 0.25) is 0 Å². The quantitative estimate of drug-likeness (QED) is 0.741. The molecule has 128 valence electrons. The van der Waals surface area contributed by atoms with Crippen LogP contribution in [0.15, 0.2) is 23.0 Å². The summed E-state index contributed by atoms with van der Waals surface area (Å²) in [7, 11) is 0. The molecule has 2 aliphatic carbocycles. The summed E-state index contributed by atoms with van der Waals surface area (Å²) in [6.07, 6.45) is 6.71. The fourth-order valence-electron chi connectivity index (χ4n) is 5.99. The molecule has 0 N–H and O–H groups in total. The molecule has 24 heavy (non-hydrogen) atoms. The van der Waals surface area contributed by atoms with Crippen LogP contribution in [0.3, 0.4) is 0 Å². The maximum absolute atomic E-state index is 12.8. The van der Waals surface area contributed by atoms with E-state index in [2.05, 4.69) is 6.92 Å². The normalized spacial score (nSPS) is 47.0. The Hall–Kier alpha value is -1.62. The summed E-state index contributed by atoms with van der Waals surface area (Å²) in [4.78, 5) is 25.5. The number of rotatable bonds is 1. The Morgan fingerprint density at radius 2 is 2.17 bits per heavy atom. The lowest BCUT2D eigenvalue weighted by Crippen LogP contribution is -2.65. The highest BCUT2D eigenvalue weighted by molar-refractivity contribution is 5.88. The largest absolute Gasteiger partial charge is 0.472 e. The smallest absolute Gasteiger partial charge is 0.310 e. The number of hydrogen-bond donors (Lipinski definition) is 0. The van der Waals surface area contributed by atoms with Crippen molar-refractivity contribution in [3.63, 3.8) is 0 Å². The Kier molecular flexibility index (Phi) is 2.89. The first kappa shape index (κ1) is 14.7. The van der Waals surface area contributed by atoms with Crippen LogP contribution in [0.1, 0.15) is 50.7 Å². The fraction of sp³-hybridized carbons (Fsp3) is 0.684. The van der Waals surface area contributed by atoms with Crippen molar-refractivity contribution in [2.45, 2.75) is 51.2 Å². The molecular formula is C19H22O5. The first-order valence-corrected chi connectivity index (χ1v) is 8.90. The van der Waals surface area contributed by atoms with Gasteiger partial charge in [0.05, 0.1) is 36.6 Å². The van der Waals surface area contributed by atoms with E-state index in [4.69, 9.17) is 13.9 Å². The molecule has 0 radical (unpaired) electrons. The van der Waals surface area contributed by atoms with E-state index in [9.17, 15) is 9.59 Å². The average molecular weight is 330 g/mol. The van der Waals surface area contributed by atoms with Crippen LogP contribution in [-0.2, 0) is 19.1 Å². The average Bonchev–Trinajstić information content (AvgIpc) is 3.09. The van der Waals surface area contributed by atoms with Crippen molar-refractivity contribution in [1.82, 2.24) is 0 Å². The van der Waals surface area contributed by atoms with Gasteiger partial charge in [-0.05, 0) is 43.1 Å². The lowest BCUT2D eigenvalue weighted by Gasteiger charge is -2.63. The molecule has 5 fully saturated rings. The van der Waals surface area contributed by atoms with E-state index in [1.807, 2.05) is 6.07 Å². The van der Waals surface area contributed by atoms with Gasteiger partial charge in [0.1, 0.15) is 11.9 Å². The second-order valence-corrected chi connectivity index (χ2v) is 8.29. The Labute approximate surface area is 140 Å². The molecule has 2 saturated carbocycles. The van der Waals surface area contributed by atoms with Gasteiger partial charge in [0.25, 0.3) is 0 Å². The second kappa shape index (κ2) is 4.72. The third kappa shape index (κ3) is 1.74. The van der Waals surface area contributed by atoms with Crippen LogP contribution >= 0.6 is 0 Å². The topological polar surface area (TPSA) is 65.7 Å². The molecule has 0 aromatic carbocycles. The van der Waals surface area contributed by atoms with Crippen LogP contribution in [-0.4, -0.2) is 24.5 Å². The number of carbonyl (C=O) groups is 2. The second-order valence-electron chi connectivity index (χ2n) is 8.29. The lowest BCUT2D eigenvalue weighted by atomic mass is 9.44. The molecule has 2 bridgehead atoms. The minimum Gasteiger partial charge on any atom is -0.472 e. The van der Waals surface area contributed by atoms with Gasteiger partial charge >= 0.3 is 5.97 Å². The molecule has 1 spiro atoms. The van der Waals surface area contributed by atoms with Crippen LogP contribution in [0.5, 0.6) is 0 Å². The van der Waals surface area contributed by atoms with Crippen LogP contribution in [0, 0.1) is 22.7 Å². The molecular weight excluding hydrogens is 308 g/mol. The van der Waals surface area contributed by atoms with Gasteiger partial charge in [0.15, 0.2) is 0 Å². The Morgan fingerprint density at radius 1 is 1.29 bits per heavy atom. The molecule has 4 heterocycles. The zero-order valence-electron chi connectivity index (χ0n) is 13.8. The minimum atomic E-state index is -0.376. The molecule has 5 heteroatoms. The van der Waals surface area contributed by atoms with Gasteiger partial charge in [-0.3, -0.25) is 9.59 Å². The van der Waals surface area contributed by atoms with Crippen LogP contribution in [0.4, 0.5) is 0 Å². The highest BCUT2D eigenvalue weighted by atomic mass is 16.5. The molecule has 6 atom stereocenters. The van der Waals surface area contributed by atoms with Crippen molar-refractivity contribution in [2.75, 3.05) is 6.61 Å². The Balaban J connectivity index is 1.56. The van der Waals surface area contributed by atoms with E-state index in [0.717, 1.165) is 31.2 Å². The van der Waals surface area contributed by atoms with Gasteiger partial charge < -0.3 is 13.9 Å². The summed E-state index contributed by atoms with van der Waals surface area (Å²) in [5.41, 5.74) is 0.317. The zero-order chi connectivity index (χ0) is 16.5. The molecule has 3 aliphatic heterocycles. The van der Waals surface area contributed by atoms with Gasteiger partial charge in [0, 0.05) is 12.0 Å². The Morgan fingerprint density at radius 3 is 2.92 bits per heavy atom. The summed E-state index contributed by atoms with van der Waals surface area (Å²) < 4.78 is 16.8.